The zero-order valence-electron chi connectivity index (χ0n) is 10.9. The number of amides is 1. The quantitative estimate of drug-likeness (QED) is 0.871. The lowest BCUT2D eigenvalue weighted by molar-refractivity contribution is 0.0600. The van der Waals surface area contributed by atoms with Crippen LogP contribution in [0.1, 0.15) is 26.3 Å². The second-order valence-electron chi connectivity index (χ2n) is 4.08. The molecule has 0 unspecified atom stereocenters. The number of carbonyl (C=O) groups excluding carboxylic acids is 2. The Bertz CT molecular complexity index is 663. The molecule has 6 heteroatoms. The smallest absolute Gasteiger partial charge is 0.337 e. The summed E-state index contributed by atoms with van der Waals surface area (Å²) in [5, 5.41) is 2.74. The Morgan fingerprint density at radius 3 is 2.65 bits per heavy atom. The summed E-state index contributed by atoms with van der Waals surface area (Å²) in [6.07, 6.45) is 1.41. The minimum Gasteiger partial charge on any atom is -0.465 e. The van der Waals surface area contributed by atoms with Gasteiger partial charge in [-0.25, -0.2) is 4.79 Å². The molecule has 0 aliphatic heterocycles. The average Bonchev–Trinajstić information content (AvgIpc) is 2.86. The third kappa shape index (κ3) is 2.91. The maximum absolute atomic E-state index is 12.1. The fourth-order valence-corrected chi connectivity index (χ4v) is 2.07. The number of anilines is 1. The summed E-state index contributed by atoms with van der Waals surface area (Å²) in [5.74, 6) is -0.777. The van der Waals surface area contributed by atoms with Gasteiger partial charge < -0.3 is 14.5 Å². The molecule has 0 saturated heterocycles. The van der Waals surface area contributed by atoms with Crippen molar-refractivity contribution in [3.8, 4) is 0 Å². The van der Waals surface area contributed by atoms with Crippen LogP contribution in [0, 0.1) is 6.92 Å². The van der Waals surface area contributed by atoms with Crippen LogP contribution in [0.15, 0.2) is 39.6 Å². The highest BCUT2D eigenvalue weighted by Gasteiger charge is 2.15. The van der Waals surface area contributed by atoms with Crippen LogP contribution in [0.5, 0.6) is 0 Å². The van der Waals surface area contributed by atoms with Gasteiger partial charge in [0, 0.05) is 5.69 Å². The van der Waals surface area contributed by atoms with Crippen LogP contribution in [-0.2, 0) is 4.74 Å². The predicted octanol–water partition coefficient (Wildman–Crippen LogP) is 3.39. The molecule has 0 spiro atoms. The number of furan rings is 1. The van der Waals surface area contributed by atoms with E-state index in [2.05, 4.69) is 26.0 Å². The van der Waals surface area contributed by atoms with E-state index in [0.29, 0.717) is 21.5 Å². The van der Waals surface area contributed by atoms with Gasteiger partial charge >= 0.3 is 5.97 Å². The fraction of sp³-hybridized carbons (Fsp3) is 0.143. The minimum atomic E-state index is -0.454. The zero-order chi connectivity index (χ0) is 14.7. The van der Waals surface area contributed by atoms with Gasteiger partial charge in [0.05, 0.1) is 24.5 Å². The first-order valence-electron chi connectivity index (χ1n) is 5.76. The van der Waals surface area contributed by atoms with Gasteiger partial charge in [0.15, 0.2) is 4.67 Å². The van der Waals surface area contributed by atoms with Crippen molar-refractivity contribution >= 4 is 33.5 Å². The molecular formula is C14H12BrNO4. The third-order valence-corrected chi connectivity index (χ3v) is 3.38. The van der Waals surface area contributed by atoms with Gasteiger partial charge in [-0.05, 0) is 46.6 Å². The number of aryl methyl sites for hydroxylation is 1. The summed E-state index contributed by atoms with van der Waals surface area (Å²) in [6, 6.07) is 6.52. The summed E-state index contributed by atoms with van der Waals surface area (Å²) in [4.78, 5) is 23.6. The Kier molecular flexibility index (Phi) is 4.24. The van der Waals surface area contributed by atoms with E-state index < -0.39 is 5.97 Å². The van der Waals surface area contributed by atoms with Crippen molar-refractivity contribution in [2.75, 3.05) is 12.4 Å². The summed E-state index contributed by atoms with van der Waals surface area (Å²) >= 11 is 3.15. The molecule has 1 amide bonds. The Morgan fingerprint density at radius 1 is 1.30 bits per heavy atom. The maximum Gasteiger partial charge on any atom is 0.337 e. The number of esters is 1. The molecule has 20 heavy (non-hydrogen) atoms. The second kappa shape index (κ2) is 5.92. The molecule has 0 radical (unpaired) electrons. The number of halogens is 1. The summed E-state index contributed by atoms with van der Waals surface area (Å²) in [7, 11) is 1.31. The monoisotopic (exact) mass is 337 g/mol. The highest BCUT2D eigenvalue weighted by molar-refractivity contribution is 9.10. The molecule has 0 atom stereocenters. The molecule has 0 saturated carbocycles. The first-order valence-corrected chi connectivity index (χ1v) is 6.55. The van der Waals surface area contributed by atoms with E-state index in [1.54, 1.807) is 24.3 Å². The fourth-order valence-electron chi connectivity index (χ4n) is 1.65. The number of rotatable bonds is 3. The van der Waals surface area contributed by atoms with Gasteiger partial charge in [0.1, 0.15) is 0 Å². The number of hydrogen-bond acceptors (Lipinski definition) is 4. The summed E-state index contributed by atoms with van der Waals surface area (Å²) in [5.41, 5.74) is 2.14. The molecule has 1 N–H and O–H groups in total. The largest absolute Gasteiger partial charge is 0.465 e. The molecule has 0 bridgehead atoms. The van der Waals surface area contributed by atoms with Gasteiger partial charge in [-0.1, -0.05) is 6.07 Å². The van der Waals surface area contributed by atoms with Gasteiger partial charge in [0.2, 0.25) is 0 Å². The Morgan fingerprint density at radius 2 is 2.05 bits per heavy atom. The molecule has 2 aromatic rings. The normalized spacial score (nSPS) is 10.2. The van der Waals surface area contributed by atoms with Crippen LogP contribution in [-0.4, -0.2) is 19.0 Å². The van der Waals surface area contributed by atoms with Gasteiger partial charge in [-0.15, -0.1) is 0 Å². The lowest BCUT2D eigenvalue weighted by Crippen LogP contribution is -2.13. The molecule has 1 aromatic heterocycles. The Balaban J connectivity index is 2.27. The van der Waals surface area contributed by atoms with Crippen molar-refractivity contribution in [3.63, 3.8) is 0 Å². The van der Waals surface area contributed by atoms with E-state index in [4.69, 9.17) is 4.42 Å². The van der Waals surface area contributed by atoms with Crippen LogP contribution in [0.3, 0.4) is 0 Å². The molecular weight excluding hydrogens is 326 g/mol. The highest BCUT2D eigenvalue weighted by Crippen LogP contribution is 2.22. The highest BCUT2D eigenvalue weighted by atomic mass is 79.9. The Hall–Kier alpha value is -2.08. The van der Waals surface area contributed by atoms with Crippen molar-refractivity contribution in [2.45, 2.75) is 6.92 Å². The van der Waals surface area contributed by atoms with E-state index in [0.717, 1.165) is 5.56 Å². The Labute approximate surface area is 124 Å². The number of nitrogens with one attached hydrogen (secondary N) is 1. The van der Waals surface area contributed by atoms with Crippen LogP contribution in [0.25, 0.3) is 0 Å². The van der Waals surface area contributed by atoms with Crippen molar-refractivity contribution < 1.29 is 18.7 Å². The predicted molar refractivity (Wildman–Crippen MR) is 76.9 cm³/mol. The van der Waals surface area contributed by atoms with Crippen molar-refractivity contribution in [3.05, 3.63) is 51.9 Å². The number of carbonyl (C=O) groups is 2. The van der Waals surface area contributed by atoms with E-state index in [9.17, 15) is 9.59 Å². The molecule has 1 heterocycles. The summed E-state index contributed by atoms with van der Waals surface area (Å²) in [6.45, 7) is 1.83. The van der Waals surface area contributed by atoms with E-state index >= 15 is 0 Å². The molecule has 0 aliphatic carbocycles. The van der Waals surface area contributed by atoms with Crippen LogP contribution >= 0.6 is 15.9 Å². The first kappa shape index (κ1) is 14.3. The van der Waals surface area contributed by atoms with Crippen molar-refractivity contribution in [1.82, 2.24) is 0 Å². The first-order chi connectivity index (χ1) is 9.52. The molecule has 5 nitrogen and oxygen atoms in total. The zero-order valence-corrected chi connectivity index (χ0v) is 12.5. The topological polar surface area (TPSA) is 68.5 Å². The molecule has 2 rings (SSSR count). The van der Waals surface area contributed by atoms with Gasteiger partial charge in [-0.3, -0.25) is 4.79 Å². The molecule has 104 valence electrons. The molecule has 1 aromatic carbocycles. The van der Waals surface area contributed by atoms with Crippen molar-refractivity contribution in [1.29, 1.82) is 0 Å². The van der Waals surface area contributed by atoms with Gasteiger partial charge in [0.25, 0.3) is 5.91 Å². The standard InChI is InChI=1S/C14H12BrNO4/c1-8-3-4-9(14(18)19-2)7-11(8)16-13(17)10-5-6-20-12(10)15/h3-7H,1-2H3,(H,16,17). The van der Waals surface area contributed by atoms with E-state index in [-0.39, 0.29) is 5.91 Å². The lowest BCUT2D eigenvalue weighted by atomic mass is 10.1. The SMILES string of the molecule is COC(=O)c1ccc(C)c(NC(=O)c2ccoc2Br)c1. The number of hydrogen-bond donors (Lipinski definition) is 1. The maximum atomic E-state index is 12.1. The summed E-state index contributed by atoms with van der Waals surface area (Å²) < 4.78 is 10.0. The molecule has 0 aliphatic rings. The number of benzene rings is 1. The lowest BCUT2D eigenvalue weighted by Gasteiger charge is -2.09. The number of methoxy groups -OCH3 is 1. The van der Waals surface area contributed by atoms with Crippen molar-refractivity contribution in [2.24, 2.45) is 0 Å². The van der Waals surface area contributed by atoms with E-state index in [1.807, 2.05) is 6.92 Å². The van der Waals surface area contributed by atoms with E-state index in [1.165, 1.54) is 13.4 Å². The minimum absolute atomic E-state index is 0.323. The molecule has 0 fully saturated rings. The second-order valence-corrected chi connectivity index (χ2v) is 4.80. The number of ether oxygens (including phenoxy) is 1. The van der Waals surface area contributed by atoms with Crippen LogP contribution in [0.2, 0.25) is 0 Å². The van der Waals surface area contributed by atoms with Crippen LogP contribution < -0.4 is 5.32 Å². The third-order valence-electron chi connectivity index (χ3n) is 2.77. The van der Waals surface area contributed by atoms with Crippen LogP contribution in [0.4, 0.5) is 5.69 Å². The average molecular weight is 338 g/mol. The van der Waals surface area contributed by atoms with Gasteiger partial charge in [-0.2, -0.15) is 0 Å².